The third-order valence-electron chi connectivity index (χ3n) is 3.55. The zero-order chi connectivity index (χ0) is 19.6. The van der Waals surface area contributed by atoms with Crippen molar-refractivity contribution in [3.05, 3.63) is 0 Å². The van der Waals surface area contributed by atoms with Gasteiger partial charge >= 0.3 is 12.2 Å². The van der Waals surface area contributed by atoms with Crippen LogP contribution < -0.4 is 5.43 Å². The van der Waals surface area contributed by atoms with Gasteiger partial charge in [-0.1, -0.05) is 0 Å². The maximum atomic E-state index is 12.6. The molecule has 1 N–H and O–H groups in total. The minimum atomic E-state index is -1.76. The Balaban J connectivity index is 3.23. The molecule has 142 valence electrons. The summed E-state index contributed by atoms with van der Waals surface area (Å²) in [5.41, 5.74) is -1.20. The van der Waals surface area contributed by atoms with E-state index in [9.17, 15) is 19.2 Å². The van der Waals surface area contributed by atoms with Crippen LogP contribution in [-0.4, -0.2) is 45.5 Å². The molecule has 25 heavy (non-hydrogen) atoms. The van der Waals surface area contributed by atoms with Crippen molar-refractivity contribution < 1.29 is 28.7 Å². The minimum Gasteiger partial charge on any atom is -0.443 e. The molecule has 1 fully saturated rings. The van der Waals surface area contributed by atoms with Crippen LogP contribution >= 0.6 is 0 Å². The Morgan fingerprint density at radius 1 is 1.04 bits per heavy atom. The average molecular weight is 356 g/mol. The van der Waals surface area contributed by atoms with Crippen LogP contribution in [0.1, 0.15) is 67.7 Å². The molecule has 1 aliphatic carbocycles. The highest BCUT2D eigenvalue weighted by Gasteiger charge is 2.55. The second-order valence-electron chi connectivity index (χ2n) is 8.12. The molecular formula is C17H28N2O6. The van der Waals surface area contributed by atoms with E-state index in [2.05, 4.69) is 5.43 Å². The van der Waals surface area contributed by atoms with E-state index in [1.165, 1.54) is 6.92 Å². The largest absolute Gasteiger partial charge is 0.443 e. The number of carbonyl (C=O) groups excluding carboxylic acids is 4. The fraction of sp³-hybridized carbons (Fsp3) is 0.765. The molecule has 0 aromatic carbocycles. The smallest absolute Gasteiger partial charge is 0.430 e. The molecule has 0 saturated heterocycles. The van der Waals surface area contributed by atoms with Crippen LogP contribution in [-0.2, 0) is 19.1 Å². The van der Waals surface area contributed by atoms with Crippen molar-refractivity contribution in [1.29, 1.82) is 0 Å². The molecule has 0 radical (unpaired) electrons. The number of amides is 2. The molecule has 8 heteroatoms. The standard InChI is InChI=1S/C17H28N2O6/c1-11(20)17(10-8-9-12(17)21)19(14(23)25-16(5,6)7)18-13(22)24-15(2,3)4/h8-10H2,1-7H3,(H,18,22). The lowest BCUT2D eigenvalue weighted by Gasteiger charge is -2.38. The van der Waals surface area contributed by atoms with Gasteiger partial charge < -0.3 is 9.47 Å². The Bertz CT molecular complexity index is 573. The summed E-state index contributed by atoms with van der Waals surface area (Å²) in [4.78, 5) is 49.5. The molecule has 0 bridgehead atoms. The number of ether oxygens (including phenoxy) is 2. The zero-order valence-corrected chi connectivity index (χ0v) is 16.0. The molecule has 2 amide bonds. The maximum Gasteiger partial charge on any atom is 0.430 e. The van der Waals surface area contributed by atoms with Gasteiger partial charge in [0.05, 0.1) is 0 Å². The summed E-state index contributed by atoms with van der Waals surface area (Å²) in [5, 5.41) is 0.698. The van der Waals surface area contributed by atoms with Gasteiger partial charge in [-0.05, 0) is 61.3 Å². The number of hydrazine groups is 1. The Labute approximate surface area is 148 Å². The topological polar surface area (TPSA) is 102 Å². The van der Waals surface area contributed by atoms with E-state index in [1.807, 2.05) is 0 Å². The van der Waals surface area contributed by atoms with Gasteiger partial charge in [0.15, 0.2) is 17.1 Å². The highest BCUT2D eigenvalue weighted by Crippen LogP contribution is 2.33. The number of carbonyl (C=O) groups is 4. The van der Waals surface area contributed by atoms with Gasteiger partial charge in [0.2, 0.25) is 0 Å². The van der Waals surface area contributed by atoms with Gasteiger partial charge in [-0.2, -0.15) is 5.01 Å². The number of rotatable bonds is 2. The van der Waals surface area contributed by atoms with E-state index in [1.54, 1.807) is 41.5 Å². The molecule has 1 unspecified atom stereocenters. The Morgan fingerprint density at radius 3 is 1.92 bits per heavy atom. The summed E-state index contributed by atoms with van der Waals surface area (Å²) in [5.74, 6) is -0.959. The molecule has 0 aliphatic heterocycles. The summed E-state index contributed by atoms with van der Waals surface area (Å²) in [6.07, 6.45) is -1.22. The lowest BCUT2D eigenvalue weighted by Crippen LogP contribution is -2.66. The van der Waals surface area contributed by atoms with Crippen LogP contribution in [0.5, 0.6) is 0 Å². The Morgan fingerprint density at radius 2 is 1.56 bits per heavy atom. The number of hydrogen-bond acceptors (Lipinski definition) is 6. The minimum absolute atomic E-state index is 0.121. The normalized spacial score (nSPS) is 20.8. The first-order chi connectivity index (χ1) is 11.2. The third-order valence-corrected chi connectivity index (χ3v) is 3.55. The number of nitrogens with one attached hydrogen (secondary N) is 1. The lowest BCUT2D eigenvalue weighted by molar-refractivity contribution is -0.142. The molecule has 0 heterocycles. The average Bonchev–Trinajstić information content (AvgIpc) is 2.74. The van der Waals surface area contributed by atoms with E-state index in [4.69, 9.17) is 9.47 Å². The number of ketones is 2. The summed E-state index contributed by atoms with van der Waals surface area (Å²) < 4.78 is 10.4. The first-order valence-electron chi connectivity index (χ1n) is 8.26. The highest BCUT2D eigenvalue weighted by molar-refractivity contribution is 6.13. The molecular weight excluding hydrogens is 328 g/mol. The molecule has 0 aromatic rings. The van der Waals surface area contributed by atoms with Crippen molar-refractivity contribution in [1.82, 2.24) is 10.4 Å². The summed E-state index contributed by atoms with van der Waals surface area (Å²) in [6.45, 7) is 11.1. The Kier molecular flexibility index (Phi) is 5.87. The van der Waals surface area contributed by atoms with Crippen LogP contribution in [0.4, 0.5) is 9.59 Å². The van der Waals surface area contributed by atoms with E-state index in [0.717, 1.165) is 0 Å². The van der Waals surface area contributed by atoms with Crippen molar-refractivity contribution in [3.63, 3.8) is 0 Å². The van der Waals surface area contributed by atoms with Gasteiger partial charge in [0.1, 0.15) is 11.2 Å². The van der Waals surface area contributed by atoms with Crippen LogP contribution in [0.25, 0.3) is 0 Å². The Hall–Kier alpha value is -2.12. The quantitative estimate of drug-likeness (QED) is 0.603. The van der Waals surface area contributed by atoms with Crippen molar-refractivity contribution in [3.8, 4) is 0 Å². The number of nitrogens with zero attached hydrogens (tertiary/aromatic N) is 1. The molecule has 1 saturated carbocycles. The monoisotopic (exact) mass is 356 g/mol. The predicted molar refractivity (Wildman–Crippen MR) is 89.7 cm³/mol. The summed E-state index contributed by atoms with van der Waals surface area (Å²) in [6, 6.07) is 0. The zero-order valence-electron chi connectivity index (χ0n) is 16.0. The predicted octanol–water partition coefficient (Wildman–Crippen LogP) is 2.74. The number of Topliss-reactive ketones (excluding diaryl/α,β-unsaturated/α-hetero) is 2. The van der Waals surface area contributed by atoms with Crippen molar-refractivity contribution in [2.45, 2.75) is 84.5 Å². The maximum absolute atomic E-state index is 12.6. The van der Waals surface area contributed by atoms with Gasteiger partial charge in [-0.25, -0.2) is 15.0 Å². The van der Waals surface area contributed by atoms with Gasteiger partial charge in [0, 0.05) is 6.42 Å². The summed E-state index contributed by atoms with van der Waals surface area (Å²) >= 11 is 0. The van der Waals surface area contributed by atoms with Crippen LogP contribution in [0.3, 0.4) is 0 Å². The van der Waals surface area contributed by atoms with Gasteiger partial charge in [-0.15, -0.1) is 0 Å². The van der Waals surface area contributed by atoms with Crippen molar-refractivity contribution in [2.75, 3.05) is 0 Å². The van der Waals surface area contributed by atoms with Crippen LogP contribution in [0.2, 0.25) is 0 Å². The first-order valence-corrected chi connectivity index (χ1v) is 8.26. The van der Waals surface area contributed by atoms with Crippen molar-refractivity contribution in [2.24, 2.45) is 0 Å². The van der Waals surface area contributed by atoms with Gasteiger partial charge in [-0.3, -0.25) is 9.59 Å². The highest BCUT2D eigenvalue weighted by atomic mass is 16.6. The van der Waals surface area contributed by atoms with E-state index in [0.29, 0.717) is 11.4 Å². The van der Waals surface area contributed by atoms with Crippen LogP contribution in [0.15, 0.2) is 0 Å². The fourth-order valence-corrected chi connectivity index (χ4v) is 2.61. The molecule has 1 aliphatic rings. The lowest BCUT2D eigenvalue weighted by atomic mass is 9.91. The van der Waals surface area contributed by atoms with Crippen LogP contribution in [0, 0.1) is 0 Å². The SMILES string of the molecule is CC(=O)C1(N(NC(=O)OC(C)(C)C)C(=O)OC(C)(C)C)CCCC1=O. The van der Waals surface area contributed by atoms with Crippen molar-refractivity contribution >= 4 is 23.8 Å². The molecule has 0 spiro atoms. The molecule has 8 nitrogen and oxygen atoms in total. The molecule has 0 aromatic heterocycles. The molecule has 1 atom stereocenters. The molecule has 1 rings (SSSR count). The van der Waals surface area contributed by atoms with E-state index in [-0.39, 0.29) is 12.8 Å². The fourth-order valence-electron chi connectivity index (χ4n) is 2.61. The van der Waals surface area contributed by atoms with E-state index >= 15 is 0 Å². The summed E-state index contributed by atoms with van der Waals surface area (Å²) in [7, 11) is 0. The first kappa shape index (κ1) is 20.9. The third kappa shape index (κ3) is 5.17. The van der Waals surface area contributed by atoms with E-state index < -0.39 is 40.5 Å². The van der Waals surface area contributed by atoms with Gasteiger partial charge in [0.25, 0.3) is 0 Å². The second-order valence-corrected chi connectivity index (χ2v) is 8.12. The number of hydrogen-bond donors (Lipinski definition) is 1. The second kappa shape index (κ2) is 7.01.